The first-order chi connectivity index (χ1) is 31.2. The minimum atomic E-state index is -3.83. The van der Waals surface area contributed by atoms with Gasteiger partial charge < -0.3 is 9.47 Å². The second kappa shape index (κ2) is 21.1. The zero-order chi connectivity index (χ0) is 47.7. The van der Waals surface area contributed by atoms with Crippen LogP contribution in [-0.2, 0) is 29.5 Å². The van der Waals surface area contributed by atoms with Crippen molar-refractivity contribution in [1.82, 2.24) is 19.6 Å². The molecule has 4 aromatic heterocycles. The van der Waals surface area contributed by atoms with Crippen LogP contribution in [0, 0.1) is 0 Å². The Balaban J connectivity index is 0.000000218. The topological polar surface area (TPSA) is 209 Å². The van der Waals surface area contributed by atoms with E-state index in [2.05, 4.69) is 10.2 Å². The number of hydrogen-bond acceptors (Lipinski definition) is 12. The Morgan fingerprint density at radius 3 is 1.37 bits per heavy atom. The van der Waals surface area contributed by atoms with Crippen molar-refractivity contribution in [2.24, 2.45) is 10.3 Å². The Hall–Kier alpha value is -5.09. The van der Waals surface area contributed by atoms with Crippen molar-refractivity contribution in [3.63, 3.8) is 0 Å². The van der Waals surface area contributed by atoms with Crippen LogP contribution in [0.3, 0.4) is 0 Å². The first kappa shape index (κ1) is 51.3. The van der Waals surface area contributed by atoms with Gasteiger partial charge in [0.1, 0.15) is 0 Å². The molecule has 23 heteroatoms. The van der Waals surface area contributed by atoms with Gasteiger partial charge >= 0.3 is 11.9 Å². The van der Waals surface area contributed by atoms with Crippen LogP contribution in [0.15, 0.2) is 131 Å². The molecule has 4 aromatic carbocycles. The molecule has 0 aliphatic rings. The predicted molar refractivity (Wildman–Crippen MR) is 267 cm³/mol. The van der Waals surface area contributed by atoms with Gasteiger partial charge in [0.2, 0.25) is 20.0 Å². The number of methoxy groups -OCH3 is 1. The van der Waals surface area contributed by atoms with Gasteiger partial charge in [0.05, 0.1) is 65.6 Å². The molecule has 14 nitrogen and oxygen atoms in total. The highest BCUT2D eigenvalue weighted by molar-refractivity contribution is 7.89. The van der Waals surface area contributed by atoms with E-state index in [0.29, 0.717) is 54.0 Å². The maximum Gasteiger partial charge on any atom is 0.359 e. The Bertz CT molecular complexity index is 3390. The number of nitrogens with two attached hydrogens (primary N) is 2. The van der Waals surface area contributed by atoms with E-state index in [1.807, 2.05) is 24.3 Å². The summed E-state index contributed by atoms with van der Waals surface area (Å²) in [7, 11) is -6.39. The summed E-state index contributed by atoms with van der Waals surface area (Å²) in [6.07, 6.45) is -0.310. The monoisotopic (exact) mass is 1080 g/mol. The van der Waals surface area contributed by atoms with E-state index in [-0.39, 0.29) is 39.7 Å². The van der Waals surface area contributed by atoms with E-state index in [1.165, 1.54) is 58.7 Å². The fourth-order valence-corrected chi connectivity index (χ4v) is 10.1. The lowest BCUT2D eigenvalue weighted by Gasteiger charge is -2.09. The zero-order valence-corrected chi connectivity index (χ0v) is 42.0. The van der Waals surface area contributed by atoms with Crippen molar-refractivity contribution in [2.75, 3.05) is 7.11 Å². The lowest BCUT2D eigenvalue weighted by Crippen LogP contribution is -2.12. The molecule has 0 fully saturated rings. The molecule has 4 N–H and O–H groups in total. The third-order valence-electron chi connectivity index (χ3n) is 9.25. The third-order valence-corrected chi connectivity index (χ3v) is 14.5. The third kappa shape index (κ3) is 12.0. The van der Waals surface area contributed by atoms with Crippen LogP contribution in [0.25, 0.3) is 53.4 Å². The molecule has 0 amide bonds. The van der Waals surface area contributed by atoms with Crippen LogP contribution in [0.1, 0.15) is 34.8 Å². The number of sulfonamides is 2. The van der Waals surface area contributed by atoms with Gasteiger partial charge in [-0.3, -0.25) is 0 Å². The van der Waals surface area contributed by atoms with Gasteiger partial charge in [0.25, 0.3) is 0 Å². The van der Waals surface area contributed by atoms with E-state index in [1.54, 1.807) is 91.3 Å². The van der Waals surface area contributed by atoms with Crippen LogP contribution in [-0.4, -0.2) is 61.5 Å². The molecule has 0 spiro atoms. The van der Waals surface area contributed by atoms with Crippen molar-refractivity contribution in [2.45, 2.75) is 29.7 Å². The van der Waals surface area contributed by atoms with E-state index >= 15 is 0 Å². The molecule has 0 saturated heterocycles. The Morgan fingerprint density at radius 2 is 0.985 bits per heavy atom. The highest BCUT2D eigenvalue weighted by Gasteiger charge is 2.23. The number of primary sulfonamides is 2. The number of esters is 2. The number of hydrogen-bond donors (Lipinski definition) is 2. The highest BCUT2D eigenvalue weighted by Crippen LogP contribution is 2.40. The normalized spacial score (nSPS) is 11.4. The van der Waals surface area contributed by atoms with Gasteiger partial charge in [0, 0.05) is 31.9 Å². The number of carbonyl (C=O) groups is 2. The van der Waals surface area contributed by atoms with Gasteiger partial charge in [-0.05, 0) is 110 Å². The average Bonchev–Trinajstić information content (AvgIpc) is 4.11. The molecule has 8 aromatic rings. The molecule has 0 aliphatic carbocycles. The standard InChI is InChI=1S/C23H19Cl2N3O4S2.C21H15Cl2N3O4S2.ClH/c1-13(2)32-23(29)18-12-20(28(27-18)19-11-15(24)6-7-17(19)25)22-9-8-21(33-22)14-4-3-5-16(10-14)34(26,30)31;1-30-21(27)16-11-18(26(25-16)17-10-13(22)5-6-15(17)23)20-8-7-19(31-20)12-3-2-4-14(9-12)32(24,28)29;/h3-13H,1-2H3,(H2,26,30,31);2-11H,1H3,(H2,24,28,29);1H. The largest absolute Gasteiger partial charge is 0.464 e. The summed E-state index contributed by atoms with van der Waals surface area (Å²) in [4.78, 5) is 27.9. The van der Waals surface area contributed by atoms with Gasteiger partial charge in [-0.25, -0.2) is 46.1 Å². The number of thiophene rings is 2. The maximum absolute atomic E-state index is 12.6. The van der Waals surface area contributed by atoms with Gasteiger partial charge in [-0.1, -0.05) is 70.7 Å². The summed E-state index contributed by atoms with van der Waals surface area (Å²) in [6, 6.07) is 33.2. The van der Waals surface area contributed by atoms with Crippen LogP contribution in [0.2, 0.25) is 20.1 Å². The van der Waals surface area contributed by atoms with Crippen molar-refractivity contribution in [3.05, 3.63) is 153 Å². The van der Waals surface area contributed by atoms with Crippen LogP contribution in [0.4, 0.5) is 0 Å². The SMILES string of the molecule is CC(C)OC(=O)c1cc(-c2ccc(-c3cccc(S(N)(=O)=O)c3)s2)n(-c2cc(Cl)ccc2Cl)n1.COC(=O)c1cc(-c2ccc(-c3cccc(S(N)(=O)=O)c3)s2)n(-c2cc(Cl)ccc2Cl)n1.Cl. The van der Waals surface area contributed by atoms with Gasteiger partial charge in [-0.15, -0.1) is 35.1 Å². The second-order valence-corrected chi connectivity index (χ2v) is 21.2. The molecule has 0 atom stereocenters. The minimum absolute atomic E-state index is 0. The van der Waals surface area contributed by atoms with Crippen molar-refractivity contribution < 1.29 is 35.9 Å². The first-order valence-electron chi connectivity index (χ1n) is 19.1. The van der Waals surface area contributed by atoms with Crippen molar-refractivity contribution in [3.8, 4) is 53.4 Å². The maximum atomic E-state index is 12.6. The number of nitrogens with zero attached hydrogens (tertiary/aromatic N) is 4. The zero-order valence-electron chi connectivity index (χ0n) is 34.9. The van der Waals surface area contributed by atoms with E-state index in [0.717, 1.165) is 19.5 Å². The van der Waals surface area contributed by atoms with E-state index in [4.69, 9.17) is 66.2 Å². The molecule has 348 valence electrons. The second-order valence-electron chi connectivity index (χ2n) is 14.3. The number of aromatic nitrogens is 4. The number of ether oxygens (including phenoxy) is 2. The summed E-state index contributed by atoms with van der Waals surface area (Å²) in [5.41, 5.74) is 3.78. The molecular weight excluding hydrogens is 1050 g/mol. The van der Waals surface area contributed by atoms with Crippen LogP contribution < -0.4 is 10.3 Å². The first-order valence-corrected chi connectivity index (χ1v) is 25.3. The van der Waals surface area contributed by atoms with Crippen molar-refractivity contribution in [1.29, 1.82) is 0 Å². The van der Waals surface area contributed by atoms with Gasteiger partial charge in [-0.2, -0.15) is 10.2 Å². The predicted octanol–water partition coefficient (Wildman–Crippen LogP) is 11.2. The molecule has 0 aliphatic heterocycles. The molecule has 0 saturated carbocycles. The number of halogens is 5. The summed E-state index contributed by atoms with van der Waals surface area (Å²) in [6.45, 7) is 3.51. The summed E-state index contributed by atoms with van der Waals surface area (Å²) >= 11 is 27.9. The lowest BCUT2D eigenvalue weighted by molar-refractivity contribution is 0.0370. The summed E-state index contributed by atoms with van der Waals surface area (Å²) in [5.74, 6) is -1.16. The Labute approximate surface area is 419 Å². The minimum Gasteiger partial charge on any atom is -0.464 e. The molecule has 0 bridgehead atoms. The quantitative estimate of drug-likeness (QED) is 0.117. The smallest absolute Gasteiger partial charge is 0.359 e. The molecule has 0 unspecified atom stereocenters. The Morgan fingerprint density at radius 1 is 0.582 bits per heavy atom. The Kier molecular flexibility index (Phi) is 16.1. The van der Waals surface area contributed by atoms with Crippen LogP contribution >= 0.6 is 81.5 Å². The number of rotatable bonds is 11. The van der Waals surface area contributed by atoms with Gasteiger partial charge in [0.15, 0.2) is 11.4 Å². The molecule has 0 radical (unpaired) electrons. The summed E-state index contributed by atoms with van der Waals surface area (Å²) < 4.78 is 60.1. The molecular formula is C44H35Cl5N6O8S4. The van der Waals surface area contributed by atoms with Crippen LogP contribution in [0.5, 0.6) is 0 Å². The van der Waals surface area contributed by atoms with E-state index < -0.39 is 32.0 Å². The van der Waals surface area contributed by atoms with E-state index in [9.17, 15) is 26.4 Å². The van der Waals surface area contributed by atoms with Crippen molar-refractivity contribution >= 4 is 113 Å². The fourth-order valence-electron chi connectivity index (χ4n) is 6.27. The number of benzene rings is 4. The number of carbonyl (C=O) groups excluding carboxylic acids is 2. The lowest BCUT2D eigenvalue weighted by atomic mass is 10.2. The summed E-state index contributed by atoms with van der Waals surface area (Å²) in [5, 5.41) is 21.1. The average molecular weight is 1080 g/mol. The molecule has 4 heterocycles. The fraction of sp³-hybridized carbons (Fsp3) is 0.0909. The molecule has 67 heavy (non-hydrogen) atoms. The molecule has 8 rings (SSSR count). The highest BCUT2D eigenvalue weighted by atomic mass is 35.5.